The van der Waals surface area contributed by atoms with Gasteiger partial charge in [-0.2, -0.15) is 0 Å². The van der Waals surface area contributed by atoms with E-state index in [2.05, 4.69) is 21.1 Å². The summed E-state index contributed by atoms with van der Waals surface area (Å²) >= 11 is 0. The lowest BCUT2D eigenvalue weighted by atomic mass is 10.2. The second kappa shape index (κ2) is 3.15. The van der Waals surface area contributed by atoms with Crippen LogP contribution in [0.2, 0.25) is 0 Å². The summed E-state index contributed by atoms with van der Waals surface area (Å²) in [7, 11) is 6.33. The van der Waals surface area contributed by atoms with Crippen molar-refractivity contribution in [3.05, 3.63) is 29.8 Å². The molecule has 0 aromatic heterocycles. The highest BCUT2D eigenvalue weighted by Crippen LogP contribution is 2.11. The molecule has 2 heteroatoms. The van der Waals surface area contributed by atoms with Gasteiger partial charge < -0.3 is 9.59 Å². The zero-order valence-corrected chi connectivity index (χ0v) is 7.87. The van der Waals surface area contributed by atoms with Gasteiger partial charge >= 0.3 is 0 Å². The van der Waals surface area contributed by atoms with Crippen LogP contribution in [-0.2, 0) is 6.54 Å². The summed E-state index contributed by atoms with van der Waals surface area (Å²) in [5, 5.41) is 11.0. The van der Waals surface area contributed by atoms with Crippen molar-refractivity contribution in [2.24, 2.45) is 0 Å². The Morgan fingerprint density at radius 3 is 2.42 bits per heavy atom. The van der Waals surface area contributed by atoms with Gasteiger partial charge in [0.15, 0.2) is 0 Å². The summed E-state index contributed by atoms with van der Waals surface area (Å²) < 4.78 is 0.851. The largest absolute Gasteiger partial charge is 0.872 e. The standard InChI is InChI=1S/C10H15NO/c1-11(2,3)8-9-5-4-6-10(12)7-9/h4-7H,8H2,1-3H3. The van der Waals surface area contributed by atoms with Gasteiger partial charge in [-0.1, -0.05) is 24.3 Å². The van der Waals surface area contributed by atoms with Crippen LogP contribution in [0.15, 0.2) is 24.3 Å². The minimum atomic E-state index is 0.0981. The molecule has 0 spiro atoms. The van der Waals surface area contributed by atoms with E-state index in [0.29, 0.717) is 0 Å². The molecule has 0 atom stereocenters. The molecule has 0 radical (unpaired) electrons. The van der Waals surface area contributed by atoms with E-state index in [4.69, 9.17) is 0 Å². The Balaban J connectivity index is 2.77. The SMILES string of the molecule is C[N+](C)(C)Cc1cccc([O-])c1. The Labute approximate surface area is 73.7 Å². The second-order valence-electron chi connectivity index (χ2n) is 4.10. The smallest absolute Gasteiger partial charge is 0.104 e. The van der Waals surface area contributed by atoms with Crippen LogP contribution >= 0.6 is 0 Å². The third kappa shape index (κ3) is 2.93. The zero-order valence-electron chi connectivity index (χ0n) is 7.87. The van der Waals surface area contributed by atoms with Crippen LogP contribution in [0.25, 0.3) is 0 Å². The van der Waals surface area contributed by atoms with Crippen molar-refractivity contribution >= 4 is 0 Å². The first kappa shape index (κ1) is 9.07. The fourth-order valence-electron chi connectivity index (χ4n) is 1.19. The molecule has 0 saturated heterocycles. The van der Waals surface area contributed by atoms with Gasteiger partial charge in [-0.25, -0.2) is 0 Å². The fraction of sp³-hybridized carbons (Fsp3) is 0.400. The maximum Gasteiger partial charge on any atom is 0.104 e. The summed E-state index contributed by atoms with van der Waals surface area (Å²) in [6.07, 6.45) is 0. The Morgan fingerprint density at radius 1 is 1.25 bits per heavy atom. The predicted molar refractivity (Wildman–Crippen MR) is 47.6 cm³/mol. The molecule has 1 aromatic carbocycles. The number of hydrogen-bond donors (Lipinski definition) is 0. The Bertz CT molecular complexity index is 263. The molecule has 66 valence electrons. The van der Waals surface area contributed by atoms with E-state index in [-0.39, 0.29) is 5.75 Å². The first-order valence-electron chi connectivity index (χ1n) is 4.04. The van der Waals surface area contributed by atoms with E-state index in [1.165, 1.54) is 0 Å². The third-order valence-electron chi connectivity index (χ3n) is 1.56. The number of quaternary nitrogens is 1. The molecule has 0 saturated carbocycles. The lowest BCUT2D eigenvalue weighted by molar-refractivity contribution is -0.884. The number of nitrogens with zero attached hydrogens (tertiary/aromatic N) is 1. The summed E-state index contributed by atoms with van der Waals surface area (Å²) in [4.78, 5) is 0. The molecule has 0 aliphatic carbocycles. The summed E-state index contributed by atoms with van der Waals surface area (Å²) in [5.41, 5.74) is 1.11. The molecule has 0 N–H and O–H groups in total. The van der Waals surface area contributed by atoms with Crippen LogP contribution in [-0.4, -0.2) is 25.6 Å². The van der Waals surface area contributed by atoms with Gasteiger partial charge in [0, 0.05) is 5.56 Å². The van der Waals surface area contributed by atoms with Crippen molar-refractivity contribution in [1.82, 2.24) is 0 Å². The summed E-state index contributed by atoms with van der Waals surface area (Å²) in [6, 6.07) is 7.08. The third-order valence-corrected chi connectivity index (χ3v) is 1.56. The second-order valence-corrected chi connectivity index (χ2v) is 4.10. The minimum absolute atomic E-state index is 0.0981. The predicted octanol–water partition coefficient (Wildman–Crippen LogP) is 0.966. The van der Waals surface area contributed by atoms with Crippen LogP contribution in [0.4, 0.5) is 0 Å². The highest BCUT2D eigenvalue weighted by atomic mass is 16.3. The molecule has 0 aliphatic rings. The molecule has 0 unspecified atom stereocenters. The van der Waals surface area contributed by atoms with Gasteiger partial charge in [0.05, 0.1) is 21.1 Å². The van der Waals surface area contributed by atoms with Gasteiger partial charge in [0.1, 0.15) is 6.54 Å². The topological polar surface area (TPSA) is 23.1 Å². The van der Waals surface area contributed by atoms with Crippen molar-refractivity contribution in [1.29, 1.82) is 0 Å². The van der Waals surface area contributed by atoms with E-state index < -0.39 is 0 Å². The molecule has 2 nitrogen and oxygen atoms in total. The Kier molecular flexibility index (Phi) is 2.38. The van der Waals surface area contributed by atoms with Crippen LogP contribution in [0.3, 0.4) is 0 Å². The monoisotopic (exact) mass is 165 g/mol. The lowest BCUT2D eigenvalue weighted by Gasteiger charge is -2.24. The molecular formula is C10H15NO. The highest BCUT2D eigenvalue weighted by molar-refractivity contribution is 5.25. The Hall–Kier alpha value is -1.02. The van der Waals surface area contributed by atoms with Crippen LogP contribution in [0.5, 0.6) is 5.75 Å². The number of hydrogen-bond acceptors (Lipinski definition) is 1. The van der Waals surface area contributed by atoms with Crippen molar-refractivity contribution in [2.45, 2.75) is 6.54 Å². The molecule has 0 heterocycles. The molecule has 0 fully saturated rings. The van der Waals surface area contributed by atoms with Crippen molar-refractivity contribution in [3.63, 3.8) is 0 Å². The summed E-state index contributed by atoms with van der Waals surface area (Å²) in [6.45, 7) is 0.899. The first-order valence-corrected chi connectivity index (χ1v) is 4.04. The normalized spacial score (nSPS) is 11.6. The van der Waals surface area contributed by atoms with Gasteiger partial charge in [0.2, 0.25) is 0 Å². The molecule has 12 heavy (non-hydrogen) atoms. The van der Waals surface area contributed by atoms with Crippen molar-refractivity contribution < 1.29 is 9.59 Å². The molecular weight excluding hydrogens is 150 g/mol. The van der Waals surface area contributed by atoms with Gasteiger partial charge in [0.25, 0.3) is 0 Å². The van der Waals surface area contributed by atoms with Crippen molar-refractivity contribution in [2.75, 3.05) is 21.1 Å². The highest BCUT2D eigenvalue weighted by Gasteiger charge is 2.06. The van der Waals surface area contributed by atoms with Crippen molar-refractivity contribution in [3.8, 4) is 5.75 Å². The fourth-order valence-corrected chi connectivity index (χ4v) is 1.19. The van der Waals surface area contributed by atoms with Crippen LogP contribution in [0, 0.1) is 0 Å². The molecule has 0 amide bonds. The average molecular weight is 165 g/mol. The first-order chi connectivity index (χ1) is 5.47. The maximum atomic E-state index is 11.0. The quantitative estimate of drug-likeness (QED) is 0.599. The van der Waals surface area contributed by atoms with Gasteiger partial charge in [-0.05, 0) is 0 Å². The Morgan fingerprint density at radius 2 is 1.92 bits per heavy atom. The number of benzene rings is 1. The van der Waals surface area contributed by atoms with E-state index in [9.17, 15) is 5.11 Å². The minimum Gasteiger partial charge on any atom is -0.872 e. The average Bonchev–Trinajstić information content (AvgIpc) is 1.82. The van der Waals surface area contributed by atoms with Crippen LogP contribution < -0.4 is 5.11 Å². The molecule has 0 bridgehead atoms. The van der Waals surface area contributed by atoms with Crippen LogP contribution in [0.1, 0.15) is 5.56 Å². The molecule has 0 aliphatic heterocycles. The maximum absolute atomic E-state index is 11.0. The van der Waals surface area contributed by atoms with E-state index in [1.54, 1.807) is 12.1 Å². The lowest BCUT2D eigenvalue weighted by Crippen LogP contribution is -2.33. The van der Waals surface area contributed by atoms with E-state index in [0.717, 1.165) is 16.6 Å². The van der Waals surface area contributed by atoms with E-state index >= 15 is 0 Å². The summed E-state index contributed by atoms with van der Waals surface area (Å²) in [5.74, 6) is 0.0981. The number of rotatable bonds is 2. The molecule has 1 rings (SSSR count). The van der Waals surface area contributed by atoms with Gasteiger partial charge in [-0.15, -0.1) is 5.75 Å². The van der Waals surface area contributed by atoms with Gasteiger partial charge in [-0.3, -0.25) is 0 Å². The zero-order chi connectivity index (χ0) is 9.19. The molecule has 1 aromatic rings. The van der Waals surface area contributed by atoms with E-state index in [1.807, 2.05) is 12.1 Å².